The van der Waals surface area contributed by atoms with E-state index in [4.69, 9.17) is 4.42 Å². The number of furan rings is 1. The second-order valence-electron chi connectivity index (χ2n) is 8.02. The molecule has 1 aliphatic rings. The second kappa shape index (κ2) is 6.53. The highest BCUT2D eigenvalue weighted by Crippen LogP contribution is 2.39. The molecule has 2 nitrogen and oxygen atoms in total. The van der Waals surface area contributed by atoms with Gasteiger partial charge in [0.15, 0.2) is 6.20 Å². The van der Waals surface area contributed by atoms with Crippen molar-refractivity contribution in [2.45, 2.75) is 44.9 Å². The molecule has 136 valence electrons. The molecule has 2 aromatic heterocycles. The lowest BCUT2D eigenvalue weighted by Gasteiger charge is -2.21. The number of aromatic nitrogens is 1. The third kappa shape index (κ3) is 2.75. The van der Waals surface area contributed by atoms with Gasteiger partial charge in [0.25, 0.3) is 0 Å². The Balaban J connectivity index is 1.72. The van der Waals surface area contributed by atoms with Gasteiger partial charge in [-0.15, -0.1) is 0 Å². The van der Waals surface area contributed by atoms with Gasteiger partial charge in [-0.1, -0.05) is 43.5 Å². The lowest BCUT2D eigenvalue weighted by atomic mass is 9.84. The molecule has 1 saturated carbocycles. The van der Waals surface area contributed by atoms with Gasteiger partial charge in [0.05, 0.1) is 5.56 Å². The largest absolute Gasteiger partial charge is 0.455 e. The van der Waals surface area contributed by atoms with Gasteiger partial charge in [-0.2, -0.15) is 0 Å². The van der Waals surface area contributed by atoms with Crippen LogP contribution in [-0.2, 0) is 7.05 Å². The number of hydrogen-bond donors (Lipinski definition) is 0. The van der Waals surface area contributed by atoms with E-state index in [2.05, 4.69) is 73.3 Å². The molecule has 0 saturated heterocycles. The maximum atomic E-state index is 6.49. The summed E-state index contributed by atoms with van der Waals surface area (Å²) < 4.78 is 8.66. The predicted octanol–water partition coefficient (Wildman–Crippen LogP) is 6.43. The van der Waals surface area contributed by atoms with E-state index in [1.54, 1.807) is 0 Å². The predicted molar refractivity (Wildman–Crippen MR) is 111 cm³/mol. The summed E-state index contributed by atoms with van der Waals surface area (Å²) in [5.41, 5.74) is 7.12. The Labute approximate surface area is 160 Å². The number of benzene rings is 2. The first kappa shape index (κ1) is 16.6. The zero-order valence-electron chi connectivity index (χ0n) is 16.2. The van der Waals surface area contributed by atoms with Crippen LogP contribution in [0.1, 0.15) is 49.1 Å². The van der Waals surface area contributed by atoms with Crippen molar-refractivity contribution in [3.05, 3.63) is 65.9 Å². The molecule has 0 N–H and O–H groups in total. The minimum atomic E-state index is 0.699. The number of pyridine rings is 1. The Kier molecular flexibility index (Phi) is 4.00. The van der Waals surface area contributed by atoms with Gasteiger partial charge in [0, 0.05) is 22.9 Å². The minimum absolute atomic E-state index is 0.699. The third-order valence-corrected chi connectivity index (χ3v) is 6.26. The molecule has 1 aliphatic carbocycles. The van der Waals surface area contributed by atoms with Gasteiger partial charge >= 0.3 is 0 Å². The summed E-state index contributed by atoms with van der Waals surface area (Å²) in [6.07, 6.45) is 8.83. The second-order valence-corrected chi connectivity index (χ2v) is 8.02. The van der Waals surface area contributed by atoms with Crippen molar-refractivity contribution in [2.24, 2.45) is 7.05 Å². The highest BCUT2D eigenvalue weighted by atomic mass is 16.3. The van der Waals surface area contributed by atoms with Crippen molar-refractivity contribution in [1.29, 1.82) is 0 Å². The van der Waals surface area contributed by atoms with Crippen molar-refractivity contribution in [3.8, 4) is 11.3 Å². The topological polar surface area (TPSA) is 17.0 Å². The molecule has 0 amide bonds. The highest BCUT2D eigenvalue weighted by molar-refractivity contribution is 6.09. The summed E-state index contributed by atoms with van der Waals surface area (Å²) in [4.78, 5) is 0. The molecule has 0 unspecified atom stereocenters. The zero-order valence-corrected chi connectivity index (χ0v) is 16.2. The van der Waals surface area contributed by atoms with Gasteiger partial charge in [0.1, 0.15) is 18.2 Å². The fourth-order valence-corrected chi connectivity index (χ4v) is 4.75. The van der Waals surface area contributed by atoms with Crippen LogP contribution in [0.3, 0.4) is 0 Å². The Bertz CT molecular complexity index is 1130. The highest BCUT2D eigenvalue weighted by Gasteiger charge is 2.21. The standard InChI is InChI=1S/C25H26NO/c1-17-11-13-21-20-14-12-19(18-8-4-3-5-9-18)16-23(20)27-25(21)24(17)22-10-6-7-15-26(22)2/h6-7,10-16,18H,3-5,8-9H2,1-2H3/q+1. The molecule has 5 rings (SSSR count). The fourth-order valence-electron chi connectivity index (χ4n) is 4.75. The van der Waals surface area contributed by atoms with Gasteiger partial charge in [-0.3, -0.25) is 0 Å². The normalized spacial score (nSPS) is 15.6. The molecule has 2 heteroatoms. The van der Waals surface area contributed by atoms with Crippen LogP contribution in [0.2, 0.25) is 0 Å². The van der Waals surface area contributed by atoms with E-state index in [1.807, 2.05) is 0 Å². The molecule has 0 atom stereocenters. The quantitative estimate of drug-likeness (QED) is 0.378. The van der Waals surface area contributed by atoms with E-state index in [0.29, 0.717) is 5.92 Å². The summed E-state index contributed by atoms with van der Waals surface area (Å²) in [5, 5.41) is 2.44. The third-order valence-electron chi connectivity index (χ3n) is 6.26. The van der Waals surface area contributed by atoms with Gasteiger partial charge in [-0.05, 0) is 48.9 Å². The smallest absolute Gasteiger partial charge is 0.216 e. The zero-order chi connectivity index (χ0) is 18.4. The molecular formula is C25H26NO+. The number of rotatable bonds is 2. The summed E-state index contributed by atoms with van der Waals surface area (Å²) in [5.74, 6) is 0.699. The summed E-state index contributed by atoms with van der Waals surface area (Å²) in [7, 11) is 2.09. The van der Waals surface area contributed by atoms with Crippen LogP contribution in [0.15, 0.2) is 59.1 Å². The maximum absolute atomic E-state index is 6.49. The first-order valence-electron chi connectivity index (χ1n) is 10.1. The van der Waals surface area contributed by atoms with Crippen LogP contribution >= 0.6 is 0 Å². The van der Waals surface area contributed by atoms with Crippen LogP contribution in [-0.4, -0.2) is 0 Å². The summed E-state index contributed by atoms with van der Waals surface area (Å²) in [6.45, 7) is 2.17. The molecule has 0 bridgehead atoms. The minimum Gasteiger partial charge on any atom is -0.455 e. The van der Waals surface area contributed by atoms with Crippen LogP contribution in [0.5, 0.6) is 0 Å². The van der Waals surface area contributed by atoms with Crippen molar-refractivity contribution in [2.75, 3.05) is 0 Å². The summed E-state index contributed by atoms with van der Waals surface area (Å²) in [6, 6.07) is 17.7. The first-order valence-corrected chi connectivity index (χ1v) is 10.1. The van der Waals surface area contributed by atoms with E-state index in [0.717, 1.165) is 11.2 Å². The van der Waals surface area contributed by atoms with Gasteiger partial charge in [0.2, 0.25) is 5.69 Å². The monoisotopic (exact) mass is 356 g/mol. The Hall–Kier alpha value is -2.61. The average molecular weight is 356 g/mol. The van der Waals surface area contributed by atoms with E-state index < -0.39 is 0 Å². The van der Waals surface area contributed by atoms with E-state index in [9.17, 15) is 0 Å². The molecule has 0 radical (unpaired) electrons. The summed E-state index contributed by atoms with van der Waals surface area (Å²) >= 11 is 0. The number of aryl methyl sites for hydroxylation is 2. The number of fused-ring (bicyclic) bond motifs is 3. The van der Waals surface area contributed by atoms with Crippen molar-refractivity contribution in [1.82, 2.24) is 0 Å². The van der Waals surface area contributed by atoms with Crippen LogP contribution in [0, 0.1) is 6.92 Å². The Morgan fingerprint density at radius 3 is 2.56 bits per heavy atom. The molecule has 0 aliphatic heterocycles. The Morgan fingerprint density at radius 2 is 1.74 bits per heavy atom. The van der Waals surface area contributed by atoms with Gasteiger partial charge in [-0.25, -0.2) is 4.57 Å². The lowest BCUT2D eigenvalue weighted by molar-refractivity contribution is -0.660. The van der Waals surface area contributed by atoms with Crippen molar-refractivity contribution < 1.29 is 8.98 Å². The van der Waals surface area contributed by atoms with Crippen LogP contribution in [0.25, 0.3) is 33.2 Å². The molecule has 1 fully saturated rings. The number of hydrogen-bond acceptors (Lipinski definition) is 1. The molecule has 2 aromatic carbocycles. The number of nitrogens with zero attached hydrogens (tertiary/aromatic N) is 1. The SMILES string of the molecule is Cc1ccc2c(oc3cc(C4CCCCC4)ccc32)c1-c1cccc[n+]1C. The van der Waals surface area contributed by atoms with Crippen molar-refractivity contribution >= 4 is 21.9 Å². The van der Waals surface area contributed by atoms with E-state index in [-0.39, 0.29) is 0 Å². The molecule has 4 aromatic rings. The molecular weight excluding hydrogens is 330 g/mol. The van der Waals surface area contributed by atoms with E-state index >= 15 is 0 Å². The molecule has 0 spiro atoms. The fraction of sp³-hybridized carbons (Fsp3) is 0.320. The van der Waals surface area contributed by atoms with Gasteiger partial charge < -0.3 is 4.42 Å². The lowest BCUT2D eigenvalue weighted by Crippen LogP contribution is -2.30. The maximum Gasteiger partial charge on any atom is 0.216 e. The van der Waals surface area contributed by atoms with Crippen LogP contribution in [0.4, 0.5) is 0 Å². The molecule has 2 heterocycles. The molecule has 27 heavy (non-hydrogen) atoms. The van der Waals surface area contributed by atoms with Crippen LogP contribution < -0.4 is 4.57 Å². The first-order chi connectivity index (χ1) is 13.2. The van der Waals surface area contributed by atoms with E-state index in [1.165, 1.54) is 65.3 Å². The average Bonchev–Trinajstić information content (AvgIpc) is 3.07. The van der Waals surface area contributed by atoms with Crippen molar-refractivity contribution in [3.63, 3.8) is 0 Å². The Morgan fingerprint density at radius 1 is 0.926 bits per heavy atom.